The van der Waals surface area contributed by atoms with Crippen molar-refractivity contribution in [3.8, 4) is 0 Å². The van der Waals surface area contributed by atoms with Gasteiger partial charge in [0.1, 0.15) is 0 Å². The van der Waals surface area contributed by atoms with E-state index in [2.05, 4.69) is 37.5 Å². The van der Waals surface area contributed by atoms with Crippen LogP contribution in [0.5, 0.6) is 0 Å². The molecule has 0 aliphatic carbocycles. The quantitative estimate of drug-likeness (QED) is 0.804. The van der Waals surface area contributed by atoms with Crippen LogP contribution in [0.4, 0.5) is 11.4 Å². The van der Waals surface area contributed by atoms with Crippen molar-refractivity contribution in [2.24, 2.45) is 5.92 Å². The summed E-state index contributed by atoms with van der Waals surface area (Å²) < 4.78 is 0. The third-order valence-electron chi connectivity index (χ3n) is 4.42. The lowest BCUT2D eigenvalue weighted by Crippen LogP contribution is -2.26. The molecular weight excluding hydrogens is 260 g/mol. The minimum absolute atomic E-state index is 0.127. The minimum Gasteiger partial charge on any atom is -0.381 e. The van der Waals surface area contributed by atoms with E-state index in [1.54, 1.807) is 0 Å². The number of amides is 1. The number of fused-ring (bicyclic) bond motifs is 1. The maximum atomic E-state index is 12.5. The third-order valence-corrected chi connectivity index (χ3v) is 4.42. The Hall–Kier alpha value is -1.51. The van der Waals surface area contributed by atoms with Gasteiger partial charge in [-0.1, -0.05) is 38.8 Å². The van der Waals surface area contributed by atoms with Crippen LogP contribution in [0.25, 0.3) is 0 Å². The molecule has 1 aromatic carbocycles. The molecule has 1 heterocycles. The topological polar surface area (TPSA) is 41.1 Å². The fraction of sp³-hybridized carbons (Fsp3) is 0.611. The molecule has 2 rings (SSSR count). The number of aryl methyl sites for hydroxylation is 1. The third kappa shape index (κ3) is 3.99. The summed E-state index contributed by atoms with van der Waals surface area (Å²) in [6.45, 7) is 6.46. The zero-order chi connectivity index (χ0) is 15.2. The highest BCUT2D eigenvalue weighted by Gasteiger charge is 2.20. The molecule has 3 heteroatoms. The summed E-state index contributed by atoms with van der Waals surface area (Å²) in [6, 6.07) is 6.67. The predicted octanol–water partition coefficient (Wildman–Crippen LogP) is 4.59. The average molecular weight is 288 g/mol. The number of unbranched alkanes of at least 4 members (excludes halogenated alkanes) is 1. The van der Waals surface area contributed by atoms with E-state index in [1.165, 1.54) is 5.56 Å². The molecule has 1 aliphatic heterocycles. The first-order chi connectivity index (χ1) is 10.2. The lowest BCUT2D eigenvalue weighted by Gasteiger charge is -2.27. The largest absolute Gasteiger partial charge is 0.381 e. The molecule has 1 amide bonds. The molecule has 3 nitrogen and oxygen atoms in total. The molecule has 0 fully saturated rings. The highest BCUT2D eigenvalue weighted by molar-refractivity contribution is 5.96. The molecule has 1 aromatic rings. The number of rotatable bonds is 6. The van der Waals surface area contributed by atoms with Gasteiger partial charge in [0.05, 0.1) is 11.4 Å². The minimum atomic E-state index is 0.127. The van der Waals surface area contributed by atoms with E-state index >= 15 is 0 Å². The number of hydrogen-bond acceptors (Lipinski definition) is 2. The molecule has 2 atom stereocenters. The smallest absolute Gasteiger partial charge is 0.227 e. The van der Waals surface area contributed by atoms with Crippen LogP contribution < -0.4 is 10.6 Å². The molecule has 21 heavy (non-hydrogen) atoms. The summed E-state index contributed by atoms with van der Waals surface area (Å²) in [5.74, 6) is 0.293. The number of anilines is 2. The van der Waals surface area contributed by atoms with E-state index in [0.717, 1.165) is 49.9 Å². The molecule has 0 radical (unpaired) electrons. The van der Waals surface area contributed by atoms with Crippen LogP contribution in [-0.2, 0) is 11.2 Å². The first-order valence-corrected chi connectivity index (χ1v) is 8.35. The number of benzene rings is 1. The van der Waals surface area contributed by atoms with E-state index < -0.39 is 0 Å². The number of carbonyl (C=O) groups excluding carboxylic acids is 1. The maximum absolute atomic E-state index is 12.5. The molecule has 0 spiro atoms. The fourth-order valence-electron chi connectivity index (χ4n) is 2.98. The second kappa shape index (κ2) is 7.48. The summed E-state index contributed by atoms with van der Waals surface area (Å²) in [4.78, 5) is 12.5. The van der Waals surface area contributed by atoms with Gasteiger partial charge in [-0.25, -0.2) is 0 Å². The van der Waals surface area contributed by atoms with Crippen LogP contribution in [0.2, 0.25) is 0 Å². The van der Waals surface area contributed by atoms with Crippen LogP contribution in [-0.4, -0.2) is 11.9 Å². The van der Waals surface area contributed by atoms with E-state index in [1.807, 2.05) is 12.1 Å². The zero-order valence-corrected chi connectivity index (χ0v) is 13.5. The van der Waals surface area contributed by atoms with Crippen molar-refractivity contribution in [1.82, 2.24) is 0 Å². The SMILES string of the molecule is CCCCC(CC)C(=O)Nc1cccc2c1NC(C)CC2. The Morgan fingerprint density at radius 3 is 2.95 bits per heavy atom. The lowest BCUT2D eigenvalue weighted by atomic mass is 9.96. The number of nitrogens with one attached hydrogen (secondary N) is 2. The van der Waals surface area contributed by atoms with Crippen molar-refractivity contribution >= 4 is 17.3 Å². The van der Waals surface area contributed by atoms with Gasteiger partial charge in [-0.3, -0.25) is 4.79 Å². The van der Waals surface area contributed by atoms with E-state index in [-0.39, 0.29) is 11.8 Å². The standard InChI is InChI=1S/C18H28N2O/c1-4-6-8-14(5-2)18(21)20-16-10-7-9-15-12-11-13(3)19-17(15)16/h7,9-10,13-14,19H,4-6,8,11-12H2,1-3H3,(H,20,21). The summed E-state index contributed by atoms with van der Waals surface area (Å²) in [5, 5.41) is 6.67. The van der Waals surface area contributed by atoms with Crippen molar-refractivity contribution in [1.29, 1.82) is 0 Å². The summed E-state index contributed by atoms with van der Waals surface area (Å²) in [5.41, 5.74) is 3.38. The Kier molecular flexibility index (Phi) is 5.66. The van der Waals surface area contributed by atoms with Gasteiger partial charge in [-0.05, 0) is 44.2 Å². The van der Waals surface area contributed by atoms with Crippen molar-refractivity contribution in [3.05, 3.63) is 23.8 Å². The first kappa shape index (κ1) is 15.9. The molecule has 0 saturated heterocycles. The fourth-order valence-corrected chi connectivity index (χ4v) is 2.98. The average Bonchev–Trinajstić information content (AvgIpc) is 2.48. The maximum Gasteiger partial charge on any atom is 0.227 e. The highest BCUT2D eigenvalue weighted by atomic mass is 16.1. The highest BCUT2D eigenvalue weighted by Crippen LogP contribution is 2.32. The first-order valence-electron chi connectivity index (χ1n) is 8.35. The van der Waals surface area contributed by atoms with E-state index in [4.69, 9.17) is 0 Å². The second-order valence-electron chi connectivity index (χ2n) is 6.16. The summed E-state index contributed by atoms with van der Waals surface area (Å²) >= 11 is 0. The second-order valence-corrected chi connectivity index (χ2v) is 6.16. The Bertz CT molecular complexity index is 484. The van der Waals surface area contributed by atoms with Crippen LogP contribution in [0.3, 0.4) is 0 Å². The Morgan fingerprint density at radius 2 is 2.24 bits per heavy atom. The Morgan fingerprint density at radius 1 is 1.43 bits per heavy atom. The normalized spacial score (nSPS) is 18.5. The van der Waals surface area contributed by atoms with Crippen LogP contribution in [0.15, 0.2) is 18.2 Å². The van der Waals surface area contributed by atoms with E-state index in [0.29, 0.717) is 6.04 Å². The monoisotopic (exact) mass is 288 g/mol. The Labute approximate surface area is 128 Å². The Balaban J connectivity index is 2.10. The summed E-state index contributed by atoms with van der Waals surface area (Å²) in [6.07, 6.45) is 6.39. The van der Waals surface area contributed by atoms with Crippen molar-refractivity contribution in [2.45, 2.75) is 65.3 Å². The summed E-state index contributed by atoms with van der Waals surface area (Å²) in [7, 11) is 0. The molecule has 0 aromatic heterocycles. The van der Waals surface area contributed by atoms with Crippen LogP contribution >= 0.6 is 0 Å². The molecule has 2 unspecified atom stereocenters. The van der Waals surface area contributed by atoms with Gasteiger partial charge in [0.25, 0.3) is 0 Å². The number of para-hydroxylation sites is 1. The lowest BCUT2D eigenvalue weighted by molar-refractivity contribution is -0.120. The molecule has 0 saturated carbocycles. The van der Waals surface area contributed by atoms with Gasteiger partial charge < -0.3 is 10.6 Å². The van der Waals surface area contributed by atoms with Crippen molar-refractivity contribution < 1.29 is 4.79 Å². The molecule has 2 N–H and O–H groups in total. The predicted molar refractivity (Wildman–Crippen MR) is 89.8 cm³/mol. The zero-order valence-electron chi connectivity index (χ0n) is 13.5. The van der Waals surface area contributed by atoms with Crippen LogP contribution in [0.1, 0.15) is 58.4 Å². The molecule has 0 bridgehead atoms. The number of hydrogen-bond donors (Lipinski definition) is 2. The number of carbonyl (C=O) groups is 1. The van der Waals surface area contributed by atoms with Crippen LogP contribution in [0, 0.1) is 5.92 Å². The molecule has 116 valence electrons. The van der Waals surface area contributed by atoms with Gasteiger partial charge in [0.15, 0.2) is 0 Å². The van der Waals surface area contributed by atoms with Gasteiger partial charge in [-0.2, -0.15) is 0 Å². The van der Waals surface area contributed by atoms with E-state index in [9.17, 15) is 4.79 Å². The van der Waals surface area contributed by atoms with Gasteiger partial charge in [0, 0.05) is 12.0 Å². The van der Waals surface area contributed by atoms with Crippen molar-refractivity contribution in [3.63, 3.8) is 0 Å². The molecular formula is C18H28N2O. The van der Waals surface area contributed by atoms with Crippen molar-refractivity contribution in [2.75, 3.05) is 10.6 Å². The van der Waals surface area contributed by atoms with Gasteiger partial charge in [-0.15, -0.1) is 0 Å². The van der Waals surface area contributed by atoms with Gasteiger partial charge in [0.2, 0.25) is 5.91 Å². The van der Waals surface area contributed by atoms with Gasteiger partial charge >= 0.3 is 0 Å². The molecule has 1 aliphatic rings.